The molecule has 2 heterocycles. The van der Waals surface area contributed by atoms with Gasteiger partial charge in [-0.1, -0.05) is 0 Å². The Morgan fingerprint density at radius 1 is 1.13 bits per heavy atom. The largest absolute Gasteiger partial charge is 0.383 e. The van der Waals surface area contributed by atoms with Gasteiger partial charge in [0.05, 0.1) is 6.54 Å². The van der Waals surface area contributed by atoms with Gasteiger partial charge in [-0.05, 0) is 43.3 Å². The Bertz CT molecular complexity index is 617. The number of pyridine rings is 2. The first-order valence-corrected chi connectivity index (χ1v) is 7.64. The lowest BCUT2D eigenvalue weighted by molar-refractivity contribution is -0.121. The van der Waals surface area contributed by atoms with Crippen LogP contribution in [0.25, 0.3) is 0 Å². The molecule has 0 unspecified atom stereocenters. The molecule has 23 heavy (non-hydrogen) atoms. The standard InChI is InChI=1S/C17H23N5O/c1-14-11-19-8-5-16(14)20-9-10-21-17(23)13-22(2)12-15-3-6-18-7-4-15/h3-8,11H,9-10,12-13H2,1-2H3,(H,19,20)(H,21,23). The number of rotatable bonds is 8. The average molecular weight is 313 g/mol. The minimum atomic E-state index is 0.0230. The Morgan fingerprint density at radius 3 is 2.61 bits per heavy atom. The molecule has 0 saturated carbocycles. The fourth-order valence-corrected chi connectivity index (χ4v) is 2.23. The zero-order valence-corrected chi connectivity index (χ0v) is 13.6. The number of hydrogen-bond donors (Lipinski definition) is 2. The molecule has 1 amide bonds. The molecule has 2 aromatic rings. The molecular weight excluding hydrogens is 290 g/mol. The van der Waals surface area contributed by atoms with Crippen LogP contribution in [0.15, 0.2) is 43.0 Å². The van der Waals surface area contributed by atoms with Gasteiger partial charge in [0.2, 0.25) is 5.91 Å². The molecule has 0 bridgehead atoms. The molecule has 2 rings (SSSR count). The summed E-state index contributed by atoms with van der Waals surface area (Å²) in [7, 11) is 1.93. The predicted octanol–water partition coefficient (Wildman–Crippen LogP) is 1.45. The molecule has 0 saturated heterocycles. The number of carbonyl (C=O) groups excluding carboxylic acids is 1. The molecule has 2 aromatic heterocycles. The lowest BCUT2D eigenvalue weighted by Crippen LogP contribution is -2.37. The van der Waals surface area contributed by atoms with Gasteiger partial charge >= 0.3 is 0 Å². The van der Waals surface area contributed by atoms with Gasteiger partial charge < -0.3 is 10.6 Å². The lowest BCUT2D eigenvalue weighted by atomic mass is 10.2. The van der Waals surface area contributed by atoms with Crippen molar-refractivity contribution >= 4 is 11.6 Å². The van der Waals surface area contributed by atoms with Gasteiger partial charge in [0.1, 0.15) is 0 Å². The van der Waals surface area contributed by atoms with E-state index in [1.165, 1.54) is 0 Å². The number of anilines is 1. The van der Waals surface area contributed by atoms with Crippen LogP contribution in [0.4, 0.5) is 5.69 Å². The van der Waals surface area contributed by atoms with Crippen LogP contribution < -0.4 is 10.6 Å². The summed E-state index contributed by atoms with van der Waals surface area (Å²) in [4.78, 5) is 21.9. The van der Waals surface area contributed by atoms with E-state index in [9.17, 15) is 4.79 Å². The van der Waals surface area contributed by atoms with E-state index in [2.05, 4.69) is 20.6 Å². The van der Waals surface area contributed by atoms with Gasteiger partial charge in [0, 0.05) is 50.1 Å². The van der Waals surface area contributed by atoms with E-state index in [4.69, 9.17) is 0 Å². The maximum Gasteiger partial charge on any atom is 0.234 e. The summed E-state index contributed by atoms with van der Waals surface area (Å²) < 4.78 is 0. The Hall–Kier alpha value is -2.47. The summed E-state index contributed by atoms with van der Waals surface area (Å²) in [5, 5.41) is 6.20. The minimum Gasteiger partial charge on any atom is -0.383 e. The van der Waals surface area contributed by atoms with Gasteiger partial charge in [-0.25, -0.2) is 0 Å². The van der Waals surface area contributed by atoms with Crippen LogP contribution in [0.3, 0.4) is 0 Å². The van der Waals surface area contributed by atoms with Gasteiger partial charge in [-0.3, -0.25) is 19.7 Å². The quantitative estimate of drug-likeness (QED) is 0.722. The number of nitrogens with one attached hydrogen (secondary N) is 2. The Morgan fingerprint density at radius 2 is 1.87 bits per heavy atom. The van der Waals surface area contributed by atoms with E-state index in [0.717, 1.165) is 23.4 Å². The normalized spacial score (nSPS) is 10.6. The van der Waals surface area contributed by atoms with E-state index in [1.807, 2.05) is 43.3 Å². The topological polar surface area (TPSA) is 70.2 Å². The first-order chi connectivity index (χ1) is 11.1. The van der Waals surface area contributed by atoms with Crippen molar-refractivity contribution in [1.82, 2.24) is 20.2 Å². The van der Waals surface area contributed by atoms with Crippen molar-refractivity contribution in [1.29, 1.82) is 0 Å². The second-order valence-electron chi connectivity index (χ2n) is 5.50. The number of aromatic nitrogens is 2. The number of amides is 1. The molecule has 6 nitrogen and oxygen atoms in total. The highest BCUT2D eigenvalue weighted by Gasteiger charge is 2.06. The highest BCUT2D eigenvalue weighted by molar-refractivity contribution is 5.78. The van der Waals surface area contributed by atoms with Crippen LogP contribution in [0.1, 0.15) is 11.1 Å². The zero-order valence-electron chi connectivity index (χ0n) is 13.6. The molecule has 0 aliphatic rings. The number of nitrogens with zero attached hydrogens (tertiary/aromatic N) is 3. The van der Waals surface area contributed by atoms with Crippen molar-refractivity contribution in [2.45, 2.75) is 13.5 Å². The molecule has 6 heteroatoms. The minimum absolute atomic E-state index is 0.0230. The van der Waals surface area contributed by atoms with E-state index in [-0.39, 0.29) is 5.91 Å². The third-order valence-corrected chi connectivity index (χ3v) is 3.40. The second-order valence-corrected chi connectivity index (χ2v) is 5.50. The predicted molar refractivity (Wildman–Crippen MR) is 91.0 cm³/mol. The zero-order chi connectivity index (χ0) is 16.5. The number of aryl methyl sites for hydroxylation is 1. The summed E-state index contributed by atoms with van der Waals surface area (Å²) in [6.45, 7) is 4.37. The van der Waals surface area contributed by atoms with Crippen molar-refractivity contribution in [3.8, 4) is 0 Å². The molecule has 0 aliphatic heterocycles. The fourth-order valence-electron chi connectivity index (χ4n) is 2.23. The van der Waals surface area contributed by atoms with E-state index in [1.54, 1.807) is 18.6 Å². The van der Waals surface area contributed by atoms with Crippen LogP contribution in [0.5, 0.6) is 0 Å². The Kier molecular flexibility index (Phi) is 6.50. The molecular formula is C17H23N5O. The summed E-state index contributed by atoms with van der Waals surface area (Å²) >= 11 is 0. The summed E-state index contributed by atoms with van der Waals surface area (Å²) in [5.74, 6) is 0.0230. The van der Waals surface area contributed by atoms with Crippen LogP contribution in [0.2, 0.25) is 0 Å². The monoisotopic (exact) mass is 313 g/mol. The van der Waals surface area contributed by atoms with Crippen molar-refractivity contribution in [2.24, 2.45) is 0 Å². The maximum atomic E-state index is 11.9. The van der Waals surface area contributed by atoms with Gasteiger partial charge in [0.15, 0.2) is 0 Å². The van der Waals surface area contributed by atoms with Crippen LogP contribution in [0, 0.1) is 6.92 Å². The van der Waals surface area contributed by atoms with E-state index in [0.29, 0.717) is 19.6 Å². The summed E-state index contributed by atoms with van der Waals surface area (Å²) in [6, 6.07) is 5.84. The molecule has 0 spiro atoms. The highest BCUT2D eigenvalue weighted by Crippen LogP contribution is 2.10. The van der Waals surface area contributed by atoms with E-state index >= 15 is 0 Å². The highest BCUT2D eigenvalue weighted by atomic mass is 16.2. The van der Waals surface area contributed by atoms with E-state index < -0.39 is 0 Å². The van der Waals surface area contributed by atoms with Crippen LogP contribution in [-0.2, 0) is 11.3 Å². The fraction of sp³-hybridized carbons (Fsp3) is 0.353. The third-order valence-electron chi connectivity index (χ3n) is 3.40. The smallest absolute Gasteiger partial charge is 0.234 e. The van der Waals surface area contributed by atoms with Gasteiger partial charge in [0.25, 0.3) is 0 Å². The molecule has 0 atom stereocenters. The Labute approximate surface area is 137 Å². The maximum absolute atomic E-state index is 11.9. The van der Waals surface area contributed by atoms with Crippen molar-refractivity contribution < 1.29 is 4.79 Å². The average Bonchev–Trinajstić information content (AvgIpc) is 2.54. The van der Waals surface area contributed by atoms with Gasteiger partial charge in [-0.15, -0.1) is 0 Å². The molecule has 0 radical (unpaired) electrons. The molecule has 0 aromatic carbocycles. The lowest BCUT2D eigenvalue weighted by Gasteiger charge is -2.16. The molecule has 122 valence electrons. The molecule has 0 aliphatic carbocycles. The molecule has 0 fully saturated rings. The van der Waals surface area contributed by atoms with Crippen LogP contribution in [-0.4, -0.2) is 47.5 Å². The van der Waals surface area contributed by atoms with Crippen molar-refractivity contribution in [2.75, 3.05) is 32.0 Å². The first kappa shape index (κ1) is 16.9. The molecule has 2 N–H and O–H groups in total. The summed E-state index contributed by atoms with van der Waals surface area (Å²) in [5.41, 5.74) is 3.28. The SMILES string of the molecule is Cc1cnccc1NCCNC(=O)CN(C)Cc1ccncc1. The van der Waals surface area contributed by atoms with Crippen LogP contribution >= 0.6 is 0 Å². The van der Waals surface area contributed by atoms with Crippen molar-refractivity contribution in [3.63, 3.8) is 0 Å². The summed E-state index contributed by atoms with van der Waals surface area (Å²) in [6.07, 6.45) is 7.09. The first-order valence-electron chi connectivity index (χ1n) is 7.64. The van der Waals surface area contributed by atoms with Crippen molar-refractivity contribution in [3.05, 3.63) is 54.1 Å². The number of carbonyl (C=O) groups is 1. The second kappa shape index (κ2) is 8.85. The third kappa shape index (κ3) is 6.04. The number of likely N-dealkylation sites (N-methyl/N-ethyl adjacent to an activating group) is 1. The Balaban J connectivity index is 1.64. The van der Waals surface area contributed by atoms with Gasteiger partial charge in [-0.2, -0.15) is 0 Å². The number of hydrogen-bond acceptors (Lipinski definition) is 5.